The first-order valence-corrected chi connectivity index (χ1v) is 8.06. The first-order chi connectivity index (χ1) is 10.1. The summed E-state index contributed by atoms with van der Waals surface area (Å²) >= 11 is 3.40. The fourth-order valence-corrected chi connectivity index (χ4v) is 3.64. The van der Waals surface area contributed by atoms with Gasteiger partial charge in [-0.05, 0) is 59.8 Å². The van der Waals surface area contributed by atoms with Gasteiger partial charge in [0.05, 0.1) is 11.3 Å². The summed E-state index contributed by atoms with van der Waals surface area (Å²) in [6.45, 7) is 1.50. The van der Waals surface area contributed by atoms with E-state index in [9.17, 15) is 9.18 Å². The number of hydrogen-bond acceptors (Lipinski definition) is 4. The Labute approximate surface area is 138 Å². The van der Waals surface area contributed by atoms with Crippen molar-refractivity contribution < 1.29 is 9.18 Å². The van der Waals surface area contributed by atoms with Gasteiger partial charge in [-0.15, -0.1) is 0 Å². The molecule has 0 amide bonds. The Bertz CT molecular complexity index is 847. The van der Waals surface area contributed by atoms with E-state index in [1.807, 2.05) is 12.1 Å². The van der Waals surface area contributed by atoms with Gasteiger partial charge in [-0.25, -0.2) is 9.37 Å². The highest BCUT2D eigenvalue weighted by atomic mass is 127. The summed E-state index contributed by atoms with van der Waals surface area (Å²) in [4.78, 5) is 16.9. The van der Waals surface area contributed by atoms with Gasteiger partial charge in [0.1, 0.15) is 15.6 Å². The fourth-order valence-electron chi connectivity index (χ4n) is 2.08. The Hall–Kier alpha value is -1.54. The molecule has 0 aliphatic carbocycles. The summed E-state index contributed by atoms with van der Waals surface area (Å²) < 4.78 is 14.8. The van der Waals surface area contributed by atoms with Gasteiger partial charge in [-0.1, -0.05) is 11.3 Å². The molecule has 0 aliphatic heterocycles. The molecule has 3 nitrogen and oxygen atoms in total. The molecule has 0 spiro atoms. The standard InChI is InChI=1S/C15H10FIN2OS/c1-8(20)13-10-3-2-6-18-14(10)21-15(13)19-12-5-4-9(17)7-11(12)16/h2-7,19H,1H3. The second-order valence-electron chi connectivity index (χ2n) is 4.47. The molecular weight excluding hydrogens is 402 g/mol. The van der Waals surface area contributed by atoms with E-state index in [4.69, 9.17) is 0 Å². The molecule has 6 heteroatoms. The van der Waals surface area contributed by atoms with Crippen LogP contribution in [0.4, 0.5) is 15.1 Å². The van der Waals surface area contributed by atoms with Crippen molar-refractivity contribution in [3.8, 4) is 0 Å². The van der Waals surface area contributed by atoms with E-state index in [1.165, 1.54) is 24.3 Å². The SMILES string of the molecule is CC(=O)c1c(Nc2ccc(I)cc2F)sc2ncccc12. The lowest BCUT2D eigenvalue weighted by Gasteiger charge is -2.07. The molecular formula is C15H10FIN2OS. The highest BCUT2D eigenvalue weighted by Crippen LogP contribution is 2.37. The topological polar surface area (TPSA) is 42.0 Å². The third-order valence-corrected chi connectivity index (χ3v) is 4.70. The molecule has 0 aliphatic rings. The summed E-state index contributed by atoms with van der Waals surface area (Å²) in [7, 11) is 0. The van der Waals surface area contributed by atoms with Crippen LogP contribution in [0.3, 0.4) is 0 Å². The minimum atomic E-state index is -0.346. The summed E-state index contributed by atoms with van der Waals surface area (Å²) in [6, 6.07) is 8.56. The molecule has 0 saturated carbocycles. The molecule has 1 aromatic carbocycles. The molecule has 0 fully saturated rings. The summed E-state index contributed by atoms with van der Waals surface area (Å²) in [5.74, 6) is -0.413. The van der Waals surface area contributed by atoms with Crippen LogP contribution in [0.5, 0.6) is 0 Å². The van der Waals surface area contributed by atoms with Crippen LogP contribution in [0.25, 0.3) is 10.2 Å². The van der Waals surface area contributed by atoms with Crippen LogP contribution in [0.1, 0.15) is 17.3 Å². The van der Waals surface area contributed by atoms with Gasteiger partial charge in [0.25, 0.3) is 0 Å². The Kier molecular flexibility index (Phi) is 3.90. The second-order valence-corrected chi connectivity index (χ2v) is 6.71. The average Bonchev–Trinajstić information content (AvgIpc) is 2.80. The molecule has 3 aromatic rings. The number of anilines is 2. The first kappa shape index (κ1) is 14.4. The van der Waals surface area contributed by atoms with Gasteiger partial charge in [0.15, 0.2) is 5.78 Å². The lowest BCUT2D eigenvalue weighted by Crippen LogP contribution is -1.98. The third-order valence-electron chi connectivity index (χ3n) is 3.00. The molecule has 0 radical (unpaired) electrons. The molecule has 2 aromatic heterocycles. The second kappa shape index (κ2) is 5.69. The number of halogens is 2. The van der Waals surface area contributed by atoms with E-state index in [-0.39, 0.29) is 11.6 Å². The number of nitrogens with one attached hydrogen (secondary N) is 1. The predicted molar refractivity (Wildman–Crippen MR) is 92.0 cm³/mol. The van der Waals surface area contributed by atoms with Crippen LogP contribution >= 0.6 is 33.9 Å². The van der Waals surface area contributed by atoms with Gasteiger partial charge in [0.2, 0.25) is 0 Å². The van der Waals surface area contributed by atoms with Crippen molar-refractivity contribution in [3.63, 3.8) is 0 Å². The zero-order valence-corrected chi connectivity index (χ0v) is 14.0. The van der Waals surface area contributed by atoms with E-state index in [0.29, 0.717) is 16.3 Å². The molecule has 0 bridgehead atoms. The Morgan fingerprint density at radius 3 is 2.90 bits per heavy atom. The van der Waals surface area contributed by atoms with E-state index < -0.39 is 0 Å². The zero-order valence-electron chi connectivity index (χ0n) is 11.0. The van der Waals surface area contributed by atoms with Crippen LogP contribution in [0.2, 0.25) is 0 Å². The molecule has 21 heavy (non-hydrogen) atoms. The number of benzene rings is 1. The van der Waals surface area contributed by atoms with Crippen LogP contribution < -0.4 is 5.32 Å². The van der Waals surface area contributed by atoms with E-state index >= 15 is 0 Å². The highest BCUT2D eigenvalue weighted by Gasteiger charge is 2.17. The maximum Gasteiger partial charge on any atom is 0.163 e. The average molecular weight is 412 g/mol. The van der Waals surface area contributed by atoms with Crippen LogP contribution in [-0.4, -0.2) is 10.8 Å². The molecule has 106 valence electrons. The number of carbonyl (C=O) groups excluding carboxylic acids is 1. The van der Waals surface area contributed by atoms with Crippen molar-refractivity contribution in [3.05, 3.63) is 51.5 Å². The van der Waals surface area contributed by atoms with Crippen molar-refractivity contribution >= 4 is 60.6 Å². The predicted octanol–water partition coefficient (Wildman–Crippen LogP) is 4.99. The van der Waals surface area contributed by atoms with Gasteiger partial charge in [-0.2, -0.15) is 0 Å². The smallest absolute Gasteiger partial charge is 0.163 e. The monoisotopic (exact) mass is 412 g/mol. The lowest BCUT2D eigenvalue weighted by atomic mass is 10.1. The normalized spacial score (nSPS) is 10.8. The first-order valence-electron chi connectivity index (χ1n) is 6.17. The largest absolute Gasteiger partial charge is 0.344 e. The van der Waals surface area contributed by atoms with Gasteiger partial charge in [0, 0.05) is 15.2 Å². The Morgan fingerprint density at radius 2 is 2.19 bits per heavy atom. The van der Waals surface area contributed by atoms with Gasteiger partial charge >= 0.3 is 0 Å². The van der Waals surface area contributed by atoms with Gasteiger partial charge in [-0.3, -0.25) is 4.79 Å². The number of thiophene rings is 1. The van der Waals surface area contributed by atoms with Crippen LogP contribution in [-0.2, 0) is 0 Å². The molecule has 0 atom stereocenters. The quantitative estimate of drug-likeness (QED) is 0.487. The number of Topliss-reactive ketones (excluding diaryl/α,β-unsaturated/α-hetero) is 1. The number of rotatable bonds is 3. The summed E-state index contributed by atoms with van der Waals surface area (Å²) in [6.07, 6.45) is 1.68. The number of ketones is 1. The summed E-state index contributed by atoms with van der Waals surface area (Å²) in [5, 5.41) is 4.43. The van der Waals surface area contributed by atoms with Crippen molar-refractivity contribution in [1.82, 2.24) is 4.98 Å². The van der Waals surface area contributed by atoms with Crippen LogP contribution in [0, 0.1) is 9.39 Å². The number of nitrogens with zero attached hydrogens (tertiary/aromatic N) is 1. The van der Waals surface area contributed by atoms with Gasteiger partial charge < -0.3 is 5.32 Å². The molecule has 1 N–H and O–H groups in total. The fraction of sp³-hybridized carbons (Fsp3) is 0.0667. The lowest BCUT2D eigenvalue weighted by molar-refractivity contribution is 0.102. The van der Waals surface area contributed by atoms with E-state index in [0.717, 1.165) is 13.8 Å². The molecule has 0 unspecified atom stereocenters. The van der Waals surface area contributed by atoms with Crippen molar-refractivity contribution in [2.45, 2.75) is 6.92 Å². The van der Waals surface area contributed by atoms with Crippen LogP contribution in [0.15, 0.2) is 36.5 Å². The molecule has 3 rings (SSSR count). The van der Waals surface area contributed by atoms with Crippen molar-refractivity contribution in [1.29, 1.82) is 0 Å². The Balaban J connectivity index is 2.12. The maximum atomic E-state index is 14.0. The number of fused-ring (bicyclic) bond motifs is 1. The minimum Gasteiger partial charge on any atom is -0.344 e. The Morgan fingerprint density at radius 1 is 1.38 bits per heavy atom. The summed E-state index contributed by atoms with van der Waals surface area (Å²) in [5.41, 5.74) is 0.908. The van der Waals surface area contributed by atoms with E-state index in [2.05, 4.69) is 32.9 Å². The number of carbonyl (C=O) groups is 1. The zero-order chi connectivity index (χ0) is 15.0. The van der Waals surface area contributed by atoms with Crippen molar-refractivity contribution in [2.75, 3.05) is 5.32 Å². The molecule has 0 saturated heterocycles. The number of pyridine rings is 1. The highest BCUT2D eigenvalue weighted by molar-refractivity contribution is 14.1. The van der Waals surface area contributed by atoms with Crippen molar-refractivity contribution in [2.24, 2.45) is 0 Å². The number of hydrogen-bond donors (Lipinski definition) is 1. The number of aromatic nitrogens is 1. The minimum absolute atomic E-state index is 0.0670. The third kappa shape index (κ3) is 2.77. The maximum absolute atomic E-state index is 14.0. The van der Waals surface area contributed by atoms with E-state index in [1.54, 1.807) is 18.3 Å². The molecule has 2 heterocycles.